The highest BCUT2D eigenvalue weighted by atomic mass is 79.9. The fourth-order valence-corrected chi connectivity index (χ4v) is 2.61. The minimum absolute atomic E-state index is 0.00743. The summed E-state index contributed by atoms with van der Waals surface area (Å²) in [5.74, 6) is -0.832. The Bertz CT molecular complexity index is 653. The molecular formula is C16H16BrNO2. The molecular weight excluding hydrogens is 318 g/mol. The van der Waals surface area contributed by atoms with E-state index >= 15 is 0 Å². The lowest BCUT2D eigenvalue weighted by Gasteiger charge is -2.13. The molecule has 0 atom stereocenters. The monoisotopic (exact) mass is 333 g/mol. The minimum atomic E-state index is -0.832. The molecule has 0 fully saturated rings. The number of hydrogen-bond donors (Lipinski definition) is 2. The van der Waals surface area contributed by atoms with Gasteiger partial charge in [-0.15, -0.1) is 0 Å². The van der Waals surface area contributed by atoms with Gasteiger partial charge in [0.2, 0.25) is 0 Å². The van der Waals surface area contributed by atoms with Crippen LogP contribution in [0.2, 0.25) is 0 Å². The van der Waals surface area contributed by atoms with E-state index in [-0.39, 0.29) is 6.42 Å². The van der Waals surface area contributed by atoms with Gasteiger partial charge >= 0.3 is 5.97 Å². The molecule has 0 unspecified atom stereocenters. The molecule has 0 aliphatic rings. The summed E-state index contributed by atoms with van der Waals surface area (Å²) in [7, 11) is 0. The first-order chi connectivity index (χ1) is 9.45. The maximum absolute atomic E-state index is 11.0. The first-order valence-electron chi connectivity index (χ1n) is 6.30. The van der Waals surface area contributed by atoms with Crippen LogP contribution in [0.1, 0.15) is 16.7 Å². The van der Waals surface area contributed by atoms with Crippen LogP contribution in [0.4, 0.5) is 11.4 Å². The highest BCUT2D eigenvalue weighted by Crippen LogP contribution is 2.29. The van der Waals surface area contributed by atoms with E-state index in [9.17, 15) is 4.79 Å². The van der Waals surface area contributed by atoms with Crippen molar-refractivity contribution < 1.29 is 9.90 Å². The molecule has 4 heteroatoms. The molecule has 0 aliphatic carbocycles. The molecule has 0 aromatic heterocycles. The maximum Gasteiger partial charge on any atom is 0.307 e. The number of benzene rings is 2. The van der Waals surface area contributed by atoms with Gasteiger partial charge in [0.15, 0.2) is 0 Å². The summed E-state index contributed by atoms with van der Waals surface area (Å²) in [6, 6.07) is 11.8. The second kappa shape index (κ2) is 6.09. The lowest BCUT2D eigenvalue weighted by molar-refractivity contribution is -0.136. The topological polar surface area (TPSA) is 49.3 Å². The molecule has 0 saturated carbocycles. The van der Waals surface area contributed by atoms with Crippen molar-refractivity contribution in [1.82, 2.24) is 0 Å². The second-order valence-electron chi connectivity index (χ2n) is 4.84. The number of carbonyl (C=O) groups is 1. The second-order valence-corrected chi connectivity index (χ2v) is 5.69. The van der Waals surface area contributed by atoms with Crippen molar-refractivity contribution in [2.75, 3.05) is 5.32 Å². The molecule has 0 radical (unpaired) electrons. The van der Waals surface area contributed by atoms with Gasteiger partial charge in [0.1, 0.15) is 0 Å². The molecule has 0 spiro atoms. The van der Waals surface area contributed by atoms with Crippen molar-refractivity contribution in [3.8, 4) is 0 Å². The van der Waals surface area contributed by atoms with Crippen molar-refractivity contribution >= 4 is 33.3 Å². The van der Waals surface area contributed by atoms with E-state index in [1.807, 2.05) is 50.2 Å². The normalized spacial score (nSPS) is 10.3. The van der Waals surface area contributed by atoms with Gasteiger partial charge in [-0.25, -0.2) is 0 Å². The van der Waals surface area contributed by atoms with Crippen LogP contribution in [0.3, 0.4) is 0 Å². The van der Waals surface area contributed by atoms with Gasteiger partial charge in [-0.2, -0.15) is 0 Å². The predicted octanol–water partition coefficient (Wildman–Crippen LogP) is 4.44. The summed E-state index contributed by atoms with van der Waals surface area (Å²) >= 11 is 3.52. The van der Waals surface area contributed by atoms with Crippen LogP contribution in [-0.4, -0.2) is 11.1 Å². The predicted molar refractivity (Wildman–Crippen MR) is 84.7 cm³/mol. The van der Waals surface area contributed by atoms with E-state index in [4.69, 9.17) is 5.11 Å². The van der Waals surface area contributed by atoms with Gasteiger partial charge < -0.3 is 10.4 Å². The standard InChI is InChI=1S/C16H16BrNO2/c1-10-3-5-14(12(7-10)9-16(19)20)18-15-6-4-11(2)8-13(15)17/h3-8,18H,9H2,1-2H3,(H,19,20). The maximum atomic E-state index is 11.0. The summed E-state index contributed by atoms with van der Waals surface area (Å²) in [4.78, 5) is 11.0. The van der Waals surface area contributed by atoms with E-state index in [1.165, 1.54) is 0 Å². The zero-order chi connectivity index (χ0) is 14.7. The number of rotatable bonds is 4. The quantitative estimate of drug-likeness (QED) is 0.869. The van der Waals surface area contributed by atoms with E-state index < -0.39 is 5.97 Å². The highest BCUT2D eigenvalue weighted by molar-refractivity contribution is 9.10. The third-order valence-electron chi connectivity index (χ3n) is 3.00. The van der Waals surface area contributed by atoms with E-state index in [0.29, 0.717) is 0 Å². The first kappa shape index (κ1) is 14.6. The van der Waals surface area contributed by atoms with E-state index in [2.05, 4.69) is 21.2 Å². The molecule has 2 aromatic rings. The molecule has 0 aliphatic heterocycles. The average molecular weight is 334 g/mol. The molecule has 3 nitrogen and oxygen atoms in total. The van der Waals surface area contributed by atoms with Crippen LogP contribution in [-0.2, 0) is 11.2 Å². The van der Waals surface area contributed by atoms with Gasteiger partial charge in [0.25, 0.3) is 0 Å². The Labute approximate surface area is 126 Å². The summed E-state index contributed by atoms with van der Waals surface area (Å²) in [5, 5.41) is 12.3. The Morgan fingerprint density at radius 3 is 2.30 bits per heavy atom. The molecule has 0 amide bonds. The van der Waals surface area contributed by atoms with Gasteiger partial charge in [-0.1, -0.05) is 23.8 Å². The Morgan fingerprint density at radius 2 is 1.70 bits per heavy atom. The zero-order valence-electron chi connectivity index (χ0n) is 11.4. The Kier molecular flexibility index (Phi) is 4.45. The van der Waals surface area contributed by atoms with E-state index in [0.717, 1.165) is 32.5 Å². The van der Waals surface area contributed by atoms with E-state index in [1.54, 1.807) is 0 Å². The molecule has 0 bridgehead atoms. The van der Waals surface area contributed by atoms with Gasteiger partial charge in [-0.3, -0.25) is 4.79 Å². The molecule has 2 N–H and O–H groups in total. The summed E-state index contributed by atoms with van der Waals surface area (Å²) in [6.07, 6.45) is 0.00743. The Morgan fingerprint density at radius 1 is 1.10 bits per heavy atom. The number of halogens is 1. The third kappa shape index (κ3) is 3.61. The largest absolute Gasteiger partial charge is 0.481 e. The molecule has 2 rings (SSSR count). The minimum Gasteiger partial charge on any atom is -0.481 e. The fraction of sp³-hybridized carbons (Fsp3) is 0.188. The molecule has 0 heterocycles. The Balaban J connectivity index is 2.35. The van der Waals surface area contributed by atoms with Crippen LogP contribution in [0, 0.1) is 13.8 Å². The van der Waals surface area contributed by atoms with Crippen LogP contribution in [0.5, 0.6) is 0 Å². The zero-order valence-corrected chi connectivity index (χ0v) is 13.0. The number of aliphatic carboxylic acids is 1. The summed E-state index contributed by atoms with van der Waals surface area (Å²) in [6.45, 7) is 3.98. The lowest BCUT2D eigenvalue weighted by Crippen LogP contribution is -2.04. The lowest BCUT2D eigenvalue weighted by atomic mass is 10.1. The number of aryl methyl sites for hydroxylation is 2. The number of anilines is 2. The third-order valence-corrected chi connectivity index (χ3v) is 3.65. The molecule has 104 valence electrons. The first-order valence-corrected chi connectivity index (χ1v) is 7.09. The molecule has 20 heavy (non-hydrogen) atoms. The van der Waals surface area contributed by atoms with Crippen molar-refractivity contribution in [2.24, 2.45) is 0 Å². The number of hydrogen-bond acceptors (Lipinski definition) is 2. The smallest absolute Gasteiger partial charge is 0.307 e. The van der Waals surface area contributed by atoms with Crippen LogP contribution in [0.25, 0.3) is 0 Å². The van der Waals surface area contributed by atoms with Gasteiger partial charge in [-0.05, 0) is 59.1 Å². The number of carboxylic acid groups (broad SMARTS) is 1. The molecule has 2 aromatic carbocycles. The average Bonchev–Trinajstić information content (AvgIpc) is 2.34. The van der Waals surface area contributed by atoms with Crippen LogP contribution < -0.4 is 5.32 Å². The fourth-order valence-electron chi connectivity index (χ4n) is 2.02. The Hall–Kier alpha value is -1.81. The SMILES string of the molecule is Cc1ccc(Nc2ccc(C)cc2CC(=O)O)c(Br)c1. The van der Waals surface area contributed by atoms with Crippen molar-refractivity contribution in [3.05, 3.63) is 57.6 Å². The van der Waals surface area contributed by atoms with Crippen molar-refractivity contribution in [3.63, 3.8) is 0 Å². The number of nitrogens with one attached hydrogen (secondary N) is 1. The van der Waals surface area contributed by atoms with Crippen molar-refractivity contribution in [2.45, 2.75) is 20.3 Å². The highest BCUT2D eigenvalue weighted by Gasteiger charge is 2.09. The molecule has 0 saturated heterocycles. The summed E-state index contributed by atoms with van der Waals surface area (Å²) in [5.41, 5.74) is 4.74. The van der Waals surface area contributed by atoms with Crippen molar-refractivity contribution in [1.29, 1.82) is 0 Å². The van der Waals surface area contributed by atoms with Gasteiger partial charge in [0, 0.05) is 10.2 Å². The van der Waals surface area contributed by atoms with Gasteiger partial charge in [0.05, 0.1) is 12.1 Å². The summed E-state index contributed by atoms with van der Waals surface area (Å²) < 4.78 is 0.958. The van der Waals surface area contributed by atoms with Crippen LogP contribution >= 0.6 is 15.9 Å². The van der Waals surface area contributed by atoms with Crippen LogP contribution in [0.15, 0.2) is 40.9 Å². The number of carboxylic acids is 1.